The number of rotatable bonds is 3. The molecule has 3 aliphatic rings. The van der Waals surface area contributed by atoms with Gasteiger partial charge in [0, 0.05) is 63.5 Å². The highest BCUT2D eigenvalue weighted by Gasteiger charge is 2.41. The summed E-state index contributed by atoms with van der Waals surface area (Å²) in [5.41, 5.74) is 3.00. The highest BCUT2D eigenvalue weighted by Crippen LogP contribution is 2.39. The molecular weight excluding hydrogens is 368 g/mol. The van der Waals surface area contributed by atoms with E-state index in [2.05, 4.69) is 16.0 Å². The molecule has 0 radical (unpaired) electrons. The van der Waals surface area contributed by atoms with Crippen LogP contribution in [0, 0.1) is 5.92 Å². The van der Waals surface area contributed by atoms with Crippen molar-refractivity contribution in [1.29, 1.82) is 0 Å². The lowest BCUT2D eigenvalue weighted by atomic mass is 9.96. The first-order chi connectivity index (χ1) is 14.2. The van der Waals surface area contributed by atoms with Gasteiger partial charge in [-0.2, -0.15) is 0 Å². The number of nitrogens with zero attached hydrogens (tertiary/aromatic N) is 1. The maximum atomic E-state index is 11.3. The van der Waals surface area contributed by atoms with E-state index in [9.17, 15) is 4.79 Å². The van der Waals surface area contributed by atoms with Gasteiger partial charge in [0.05, 0.1) is 6.61 Å². The van der Waals surface area contributed by atoms with Gasteiger partial charge < -0.3 is 24.1 Å². The molecule has 0 amide bonds. The quantitative estimate of drug-likeness (QED) is 0.863. The van der Waals surface area contributed by atoms with Crippen LogP contribution in [-0.2, 0) is 16.1 Å². The second-order valence-corrected chi connectivity index (χ2v) is 8.42. The minimum Gasteiger partial charge on any atom is -0.462 e. The molecule has 1 aromatic carbocycles. The lowest BCUT2D eigenvalue weighted by Gasteiger charge is -2.44. The third-order valence-electron chi connectivity index (χ3n) is 6.44. The lowest BCUT2D eigenvalue weighted by molar-refractivity contribution is -0.228. The van der Waals surface area contributed by atoms with Crippen LogP contribution in [0.2, 0.25) is 0 Å². The summed E-state index contributed by atoms with van der Waals surface area (Å²) in [6.07, 6.45) is 5.90. The number of ether oxygens (including phenoxy) is 3. The van der Waals surface area contributed by atoms with Crippen molar-refractivity contribution in [3.8, 4) is 16.9 Å². The molecule has 6 nitrogen and oxygen atoms in total. The number of fused-ring (bicyclic) bond motifs is 1. The number of nitrogens with one attached hydrogen (secondary N) is 1. The fourth-order valence-corrected chi connectivity index (χ4v) is 4.62. The third kappa shape index (κ3) is 4.10. The van der Waals surface area contributed by atoms with Crippen molar-refractivity contribution in [2.45, 2.75) is 38.1 Å². The van der Waals surface area contributed by atoms with Crippen molar-refractivity contribution < 1.29 is 14.2 Å². The van der Waals surface area contributed by atoms with Crippen LogP contribution in [0.1, 0.15) is 31.2 Å². The largest absolute Gasteiger partial charge is 0.462 e. The van der Waals surface area contributed by atoms with Crippen molar-refractivity contribution >= 4 is 0 Å². The summed E-state index contributed by atoms with van der Waals surface area (Å²) < 4.78 is 18.1. The number of aromatic amines is 1. The first-order valence-corrected chi connectivity index (χ1v) is 10.6. The minimum absolute atomic E-state index is 0.0940. The zero-order valence-electron chi connectivity index (χ0n) is 16.7. The van der Waals surface area contributed by atoms with Gasteiger partial charge in [0.1, 0.15) is 5.75 Å². The van der Waals surface area contributed by atoms with Gasteiger partial charge >= 0.3 is 0 Å². The van der Waals surface area contributed by atoms with E-state index in [0.29, 0.717) is 6.61 Å². The van der Waals surface area contributed by atoms with E-state index in [0.717, 1.165) is 67.5 Å². The lowest BCUT2D eigenvalue weighted by Crippen LogP contribution is -2.52. The number of piperidine rings is 1. The van der Waals surface area contributed by atoms with Crippen molar-refractivity contribution in [1.82, 2.24) is 9.88 Å². The summed E-state index contributed by atoms with van der Waals surface area (Å²) in [6, 6.07) is 9.56. The van der Waals surface area contributed by atoms with E-state index in [1.165, 1.54) is 19.4 Å². The average molecular weight is 396 g/mol. The van der Waals surface area contributed by atoms with Crippen LogP contribution in [0.4, 0.5) is 0 Å². The van der Waals surface area contributed by atoms with E-state index >= 15 is 0 Å². The number of benzene rings is 1. The molecule has 5 rings (SSSR count). The fourth-order valence-electron chi connectivity index (χ4n) is 4.62. The Morgan fingerprint density at radius 1 is 1.07 bits per heavy atom. The Morgan fingerprint density at radius 3 is 2.62 bits per heavy atom. The van der Waals surface area contributed by atoms with Gasteiger partial charge in [-0.05, 0) is 48.1 Å². The van der Waals surface area contributed by atoms with Crippen molar-refractivity contribution in [3.63, 3.8) is 0 Å². The third-order valence-corrected chi connectivity index (χ3v) is 6.44. The SMILES string of the molecule is O=c1ccc(-c2ccc3c(c2)COC2(CCN(CC4CCOCC4)CC2)O3)c[nH]1. The Bertz CT molecular complexity index is 891. The molecular formula is C23H28N2O4. The fraction of sp³-hybridized carbons (Fsp3) is 0.522. The summed E-state index contributed by atoms with van der Waals surface area (Å²) in [7, 11) is 0. The molecule has 0 bridgehead atoms. The van der Waals surface area contributed by atoms with Crippen molar-refractivity contribution in [2.24, 2.45) is 5.92 Å². The highest BCUT2D eigenvalue weighted by molar-refractivity contribution is 5.64. The minimum atomic E-state index is -0.487. The normalized spacial score (nSPS) is 22.2. The predicted octanol–water partition coefficient (Wildman–Crippen LogP) is 3.17. The molecule has 0 aliphatic carbocycles. The molecule has 6 heteroatoms. The Morgan fingerprint density at radius 2 is 1.86 bits per heavy atom. The summed E-state index contributed by atoms with van der Waals surface area (Å²) in [5, 5.41) is 0. The van der Waals surface area contributed by atoms with Crippen LogP contribution >= 0.6 is 0 Å². The number of H-pyrrole nitrogens is 1. The zero-order valence-corrected chi connectivity index (χ0v) is 16.7. The van der Waals surface area contributed by atoms with Gasteiger partial charge in [0.25, 0.3) is 0 Å². The van der Waals surface area contributed by atoms with Crippen LogP contribution in [-0.4, -0.2) is 48.5 Å². The molecule has 0 saturated carbocycles. The number of pyridine rings is 1. The van der Waals surface area contributed by atoms with Gasteiger partial charge in [0.2, 0.25) is 11.3 Å². The molecule has 3 aliphatic heterocycles. The molecule has 2 fully saturated rings. The summed E-state index contributed by atoms with van der Waals surface area (Å²) in [4.78, 5) is 16.6. The standard InChI is InChI=1S/C23H28N2O4/c26-22-4-2-19(14-24-22)18-1-3-21-20(13-18)16-28-23(29-21)7-9-25(10-8-23)15-17-5-11-27-12-6-17/h1-4,13-14,17H,5-12,15-16H2,(H,24,26). The predicted molar refractivity (Wildman–Crippen MR) is 110 cm³/mol. The molecule has 1 N–H and O–H groups in total. The first-order valence-electron chi connectivity index (χ1n) is 10.6. The van der Waals surface area contributed by atoms with Crippen LogP contribution < -0.4 is 10.3 Å². The Kier molecular flexibility index (Phi) is 5.16. The topological polar surface area (TPSA) is 63.8 Å². The molecule has 0 atom stereocenters. The van der Waals surface area contributed by atoms with E-state index in [1.807, 2.05) is 18.2 Å². The molecule has 1 aromatic heterocycles. The highest BCUT2D eigenvalue weighted by atomic mass is 16.7. The van der Waals surface area contributed by atoms with E-state index < -0.39 is 5.79 Å². The molecule has 154 valence electrons. The molecule has 1 spiro atoms. The summed E-state index contributed by atoms with van der Waals surface area (Å²) >= 11 is 0. The summed E-state index contributed by atoms with van der Waals surface area (Å²) in [5.74, 6) is 1.19. The second-order valence-electron chi connectivity index (χ2n) is 8.42. The van der Waals surface area contributed by atoms with Crippen LogP contribution in [0.25, 0.3) is 11.1 Å². The maximum Gasteiger partial charge on any atom is 0.247 e. The molecule has 2 saturated heterocycles. The van der Waals surface area contributed by atoms with Gasteiger partial charge in [-0.25, -0.2) is 0 Å². The molecule has 29 heavy (non-hydrogen) atoms. The first kappa shape index (κ1) is 18.9. The average Bonchev–Trinajstić information content (AvgIpc) is 2.77. The number of likely N-dealkylation sites (tertiary alicyclic amines) is 1. The number of hydrogen-bond acceptors (Lipinski definition) is 5. The number of hydrogen-bond donors (Lipinski definition) is 1. The van der Waals surface area contributed by atoms with E-state index in [1.54, 1.807) is 12.3 Å². The smallest absolute Gasteiger partial charge is 0.247 e. The second kappa shape index (κ2) is 7.94. The Labute approximate surface area is 170 Å². The van der Waals surface area contributed by atoms with Crippen molar-refractivity contribution in [3.05, 3.63) is 52.4 Å². The van der Waals surface area contributed by atoms with Gasteiger partial charge in [-0.3, -0.25) is 4.79 Å². The molecule has 0 unspecified atom stereocenters. The van der Waals surface area contributed by atoms with Gasteiger partial charge in [-0.15, -0.1) is 0 Å². The van der Waals surface area contributed by atoms with Crippen molar-refractivity contribution in [2.75, 3.05) is 32.8 Å². The summed E-state index contributed by atoms with van der Waals surface area (Å²) in [6.45, 7) is 5.58. The van der Waals surface area contributed by atoms with Gasteiger partial charge in [-0.1, -0.05) is 6.07 Å². The number of aromatic nitrogens is 1. The monoisotopic (exact) mass is 396 g/mol. The van der Waals surface area contributed by atoms with Crippen LogP contribution in [0.3, 0.4) is 0 Å². The molecule has 4 heterocycles. The van der Waals surface area contributed by atoms with E-state index in [4.69, 9.17) is 14.2 Å². The zero-order chi connectivity index (χ0) is 19.7. The van der Waals surface area contributed by atoms with Crippen LogP contribution in [0.15, 0.2) is 41.3 Å². The van der Waals surface area contributed by atoms with E-state index in [-0.39, 0.29) is 5.56 Å². The molecule has 2 aromatic rings. The van der Waals surface area contributed by atoms with Crippen LogP contribution in [0.5, 0.6) is 5.75 Å². The maximum absolute atomic E-state index is 11.3. The van der Waals surface area contributed by atoms with Gasteiger partial charge in [0.15, 0.2) is 0 Å². The Balaban J connectivity index is 1.23. The Hall–Kier alpha value is -2.15.